The Labute approximate surface area is 150 Å². The number of amides is 2. The molecule has 2 amide bonds. The van der Waals surface area contributed by atoms with E-state index in [1.807, 2.05) is 13.8 Å². The second kappa shape index (κ2) is 7.41. The maximum absolute atomic E-state index is 14.2. The normalized spacial score (nSPS) is 19.8. The Morgan fingerprint density at radius 2 is 2.31 bits per heavy atom. The molecule has 0 radical (unpaired) electrons. The van der Waals surface area contributed by atoms with Gasteiger partial charge in [-0.3, -0.25) is 19.6 Å². The van der Waals surface area contributed by atoms with Crippen LogP contribution in [0.5, 0.6) is 0 Å². The second-order valence-corrected chi connectivity index (χ2v) is 6.80. The summed E-state index contributed by atoms with van der Waals surface area (Å²) < 4.78 is 14.2. The molecular formula is C18H23FN4O3. The van der Waals surface area contributed by atoms with Crippen molar-refractivity contribution in [3.05, 3.63) is 24.0 Å². The lowest BCUT2D eigenvalue weighted by Crippen LogP contribution is -2.45. The summed E-state index contributed by atoms with van der Waals surface area (Å²) >= 11 is 0. The first-order valence-electron chi connectivity index (χ1n) is 8.80. The van der Waals surface area contributed by atoms with Crippen molar-refractivity contribution in [1.29, 1.82) is 0 Å². The summed E-state index contributed by atoms with van der Waals surface area (Å²) in [4.78, 5) is 26.3. The number of aromatic nitrogens is 2. The number of aromatic amines is 1. The lowest BCUT2D eigenvalue weighted by molar-refractivity contribution is -0.127. The van der Waals surface area contributed by atoms with E-state index in [1.54, 1.807) is 12.1 Å². The molecule has 140 valence electrons. The highest BCUT2D eigenvalue weighted by Gasteiger charge is 2.38. The van der Waals surface area contributed by atoms with Crippen molar-refractivity contribution in [3.8, 4) is 0 Å². The van der Waals surface area contributed by atoms with E-state index in [1.165, 1.54) is 11.0 Å². The highest BCUT2D eigenvalue weighted by Crippen LogP contribution is 2.31. The SMILES string of the molecule is CC[C@H](C)[C@H](CO)NC(=O)[C@H]1CC(=O)N(c2n[nH]c3cccc(F)c23)C1. The van der Waals surface area contributed by atoms with Gasteiger partial charge in [-0.25, -0.2) is 4.39 Å². The van der Waals surface area contributed by atoms with Crippen LogP contribution in [0.1, 0.15) is 26.7 Å². The van der Waals surface area contributed by atoms with Gasteiger partial charge in [0.05, 0.1) is 29.5 Å². The largest absolute Gasteiger partial charge is 0.394 e. The monoisotopic (exact) mass is 362 g/mol. The van der Waals surface area contributed by atoms with Crippen LogP contribution in [-0.4, -0.2) is 46.3 Å². The molecule has 0 saturated carbocycles. The van der Waals surface area contributed by atoms with Crippen LogP contribution in [0.2, 0.25) is 0 Å². The molecule has 0 bridgehead atoms. The first-order chi connectivity index (χ1) is 12.5. The fourth-order valence-electron chi connectivity index (χ4n) is 3.25. The Kier molecular flexibility index (Phi) is 5.22. The Balaban J connectivity index is 1.77. The van der Waals surface area contributed by atoms with Crippen LogP contribution < -0.4 is 10.2 Å². The molecule has 1 aliphatic heterocycles. The van der Waals surface area contributed by atoms with Crippen molar-refractivity contribution < 1.29 is 19.1 Å². The number of aliphatic hydroxyl groups excluding tert-OH is 1. The van der Waals surface area contributed by atoms with Crippen LogP contribution in [0.3, 0.4) is 0 Å². The molecule has 7 nitrogen and oxygen atoms in total. The Morgan fingerprint density at radius 1 is 1.54 bits per heavy atom. The lowest BCUT2D eigenvalue weighted by Gasteiger charge is -2.23. The molecule has 1 aliphatic rings. The fourth-order valence-corrected chi connectivity index (χ4v) is 3.25. The Hall–Kier alpha value is -2.48. The van der Waals surface area contributed by atoms with Gasteiger partial charge in [-0.1, -0.05) is 26.3 Å². The van der Waals surface area contributed by atoms with Gasteiger partial charge in [0, 0.05) is 13.0 Å². The van der Waals surface area contributed by atoms with Crippen LogP contribution in [-0.2, 0) is 9.59 Å². The molecule has 1 aromatic heterocycles. The number of rotatable bonds is 6. The number of benzene rings is 1. The van der Waals surface area contributed by atoms with Gasteiger partial charge < -0.3 is 10.4 Å². The van der Waals surface area contributed by atoms with Crippen LogP contribution in [0.4, 0.5) is 10.2 Å². The number of carbonyl (C=O) groups is 2. The number of hydrogen-bond acceptors (Lipinski definition) is 4. The minimum atomic E-state index is -0.556. The van der Waals surface area contributed by atoms with Crippen molar-refractivity contribution in [2.45, 2.75) is 32.7 Å². The molecular weight excluding hydrogens is 339 g/mol. The van der Waals surface area contributed by atoms with Gasteiger partial charge in [-0.05, 0) is 18.1 Å². The summed E-state index contributed by atoms with van der Waals surface area (Å²) in [7, 11) is 0. The van der Waals surface area contributed by atoms with E-state index < -0.39 is 11.7 Å². The third-order valence-electron chi connectivity index (χ3n) is 5.13. The van der Waals surface area contributed by atoms with Gasteiger partial charge in [0.2, 0.25) is 11.8 Å². The standard InChI is InChI=1S/C18H23FN4O3/c1-3-10(2)14(9-24)20-18(26)11-7-15(25)23(8-11)17-16-12(19)5-4-6-13(16)21-22-17/h4-6,10-11,14,24H,3,7-9H2,1-2H3,(H,20,26)(H,21,22)/t10-,11-,14-/m0/s1. The summed E-state index contributed by atoms with van der Waals surface area (Å²) in [5, 5.41) is 19.3. The van der Waals surface area contributed by atoms with Gasteiger partial charge in [-0.2, -0.15) is 5.10 Å². The minimum absolute atomic E-state index is 0.0350. The average molecular weight is 362 g/mol. The molecule has 0 spiro atoms. The smallest absolute Gasteiger partial charge is 0.229 e. The molecule has 3 N–H and O–H groups in total. The zero-order chi connectivity index (χ0) is 18.8. The van der Waals surface area contributed by atoms with Crippen molar-refractivity contribution in [3.63, 3.8) is 0 Å². The fraction of sp³-hybridized carbons (Fsp3) is 0.500. The first kappa shape index (κ1) is 18.3. The lowest BCUT2D eigenvalue weighted by atomic mass is 9.98. The number of fused-ring (bicyclic) bond motifs is 1. The van der Waals surface area contributed by atoms with E-state index in [4.69, 9.17) is 0 Å². The molecule has 0 aliphatic carbocycles. The third kappa shape index (κ3) is 3.29. The number of hydrogen-bond donors (Lipinski definition) is 3. The van der Waals surface area contributed by atoms with Crippen LogP contribution >= 0.6 is 0 Å². The van der Waals surface area contributed by atoms with Crippen LogP contribution in [0.25, 0.3) is 10.9 Å². The molecule has 1 aromatic carbocycles. The maximum atomic E-state index is 14.2. The van der Waals surface area contributed by atoms with Gasteiger partial charge in [0.25, 0.3) is 0 Å². The molecule has 26 heavy (non-hydrogen) atoms. The number of aliphatic hydroxyl groups is 1. The van der Waals surface area contributed by atoms with E-state index in [2.05, 4.69) is 15.5 Å². The highest BCUT2D eigenvalue weighted by molar-refractivity contribution is 6.05. The maximum Gasteiger partial charge on any atom is 0.229 e. The van der Waals surface area contributed by atoms with Crippen molar-refractivity contribution in [2.75, 3.05) is 18.1 Å². The molecule has 0 unspecified atom stereocenters. The summed E-state index contributed by atoms with van der Waals surface area (Å²) in [6.07, 6.45) is 0.854. The van der Waals surface area contributed by atoms with E-state index in [9.17, 15) is 19.1 Å². The van der Waals surface area contributed by atoms with Gasteiger partial charge in [0.15, 0.2) is 5.82 Å². The molecule has 2 heterocycles. The van der Waals surface area contributed by atoms with E-state index in [0.717, 1.165) is 6.42 Å². The number of carbonyl (C=O) groups excluding carboxylic acids is 2. The van der Waals surface area contributed by atoms with Gasteiger partial charge in [-0.15, -0.1) is 0 Å². The quantitative estimate of drug-likeness (QED) is 0.727. The second-order valence-electron chi connectivity index (χ2n) is 6.80. The number of nitrogens with zero attached hydrogens (tertiary/aromatic N) is 2. The number of halogens is 1. The molecule has 3 atom stereocenters. The van der Waals surface area contributed by atoms with Crippen LogP contribution in [0, 0.1) is 17.7 Å². The number of H-pyrrole nitrogens is 1. The summed E-state index contributed by atoms with van der Waals surface area (Å²) in [5.41, 5.74) is 0.498. The Bertz CT molecular complexity index is 822. The Morgan fingerprint density at radius 3 is 3.00 bits per heavy atom. The predicted octanol–water partition coefficient (Wildman–Crippen LogP) is 1.58. The average Bonchev–Trinajstić information content (AvgIpc) is 3.23. The molecule has 1 saturated heterocycles. The highest BCUT2D eigenvalue weighted by atomic mass is 19.1. The summed E-state index contributed by atoms with van der Waals surface area (Å²) in [6, 6.07) is 4.20. The van der Waals surface area contributed by atoms with E-state index >= 15 is 0 Å². The molecule has 2 aromatic rings. The van der Waals surface area contributed by atoms with Gasteiger partial charge in [0.1, 0.15) is 5.82 Å². The molecule has 3 rings (SSSR count). The number of nitrogens with one attached hydrogen (secondary N) is 2. The van der Waals surface area contributed by atoms with Crippen molar-refractivity contribution in [2.24, 2.45) is 11.8 Å². The van der Waals surface area contributed by atoms with Crippen molar-refractivity contribution >= 4 is 28.5 Å². The first-order valence-corrected chi connectivity index (χ1v) is 8.80. The van der Waals surface area contributed by atoms with E-state index in [-0.39, 0.29) is 54.6 Å². The summed E-state index contributed by atoms with van der Waals surface area (Å²) in [6.45, 7) is 3.92. The number of anilines is 1. The molecule has 8 heteroatoms. The van der Waals surface area contributed by atoms with E-state index in [0.29, 0.717) is 5.52 Å². The topological polar surface area (TPSA) is 98.3 Å². The van der Waals surface area contributed by atoms with Crippen LogP contribution in [0.15, 0.2) is 18.2 Å². The zero-order valence-corrected chi connectivity index (χ0v) is 14.8. The third-order valence-corrected chi connectivity index (χ3v) is 5.13. The summed E-state index contributed by atoms with van der Waals surface area (Å²) in [5.74, 6) is -1.24. The van der Waals surface area contributed by atoms with Gasteiger partial charge >= 0.3 is 0 Å². The predicted molar refractivity (Wildman–Crippen MR) is 95.0 cm³/mol. The zero-order valence-electron chi connectivity index (χ0n) is 14.8. The minimum Gasteiger partial charge on any atom is -0.394 e. The van der Waals surface area contributed by atoms with Crippen molar-refractivity contribution in [1.82, 2.24) is 15.5 Å². The molecule has 1 fully saturated rings.